The van der Waals surface area contributed by atoms with Crippen molar-refractivity contribution in [3.63, 3.8) is 0 Å². The van der Waals surface area contributed by atoms with Gasteiger partial charge in [-0.2, -0.15) is 0 Å². The van der Waals surface area contributed by atoms with Crippen molar-refractivity contribution in [3.05, 3.63) is 172 Å². The van der Waals surface area contributed by atoms with Gasteiger partial charge in [0.15, 0.2) is 24.8 Å². The highest BCUT2D eigenvalue weighted by atomic mass is 32.2. The summed E-state index contributed by atoms with van der Waals surface area (Å²) in [5.41, 5.74) is 2.74. The number of ketones is 2. The van der Waals surface area contributed by atoms with Crippen LogP contribution in [0.2, 0.25) is 0 Å². The molecule has 5 aromatic carbocycles. The van der Waals surface area contributed by atoms with Crippen molar-refractivity contribution in [1.82, 2.24) is 5.32 Å². The molecule has 14 nitrogen and oxygen atoms in total. The van der Waals surface area contributed by atoms with Gasteiger partial charge in [-0.1, -0.05) is 48.7 Å². The van der Waals surface area contributed by atoms with Crippen LogP contribution in [0.1, 0.15) is 81.6 Å². The number of esters is 2. The molecule has 0 saturated heterocycles. The van der Waals surface area contributed by atoms with E-state index < -0.39 is 54.4 Å². The molecular weight excluding hydrogens is 825 g/mol. The molecular formula is C48H42N4O10S. The molecule has 0 aliphatic rings. The van der Waals surface area contributed by atoms with Crippen molar-refractivity contribution >= 4 is 76.0 Å². The maximum absolute atomic E-state index is 14.0. The van der Waals surface area contributed by atoms with Crippen molar-refractivity contribution in [3.8, 4) is 0 Å². The minimum atomic E-state index is -0.963. The van der Waals surface area contributed by atoms with Crippen LogP contribution < -0.4 is 21.3 Å². The molecule has 4 N–H and O–H groups in total. The highest BCUT2D eigenvalue weighted by Crippen LogP contribution is 2.32. The van der Waals surface area contributed by atoms with Gasteiger partial charge in [-0.15, -0.1) is 0 Å². The number of nitrogens with one attached hydrogen (secondary N) is 4. The van der Waals surface area contributed by atoms with Crippen LogP contribution in [0.3, 0.4) is 0 Å². The van der Waals surface area contributed by atoms with E-state index in [2.05, 4.69) is 34.4 Å². The van der Waals surface area contributed by atoms with Crippen LogP contribution in [0, 0.1) is 6.92 Å². The number of aryl methyl sites for hydroxylation is 1. The highest BCUT2D eigenvalue weighted by Gasteiger charge is 2.23. The highest BCUT2D eigenvalue weighted by molar-refractivity contribution is 7.99. The number of hydrogen-bond donors (Lipinski definition) is 4. The molecule has 0 aliphatic heterocycles. The fourth-order valence-corrected chi connectivity index (χ4v) is 6.50. The summed E-state index contributed by atoms with van der Waals surface area (Å²) in [6.45, 7) is 10.8. The predicted molar refractivity (Wildman–Crippen MR) is 239 cm³/mol. The second-order valence-corrected chi connectivity index (χ2v) is 15.2. The second kappa shape index (κ2) is 21.1. The van der Waals surface area contributed by atoms with E-state index in [1.807, 2.05) is 13.0 Å². The molecule has 0 aromatic heterocycles. The van der Waals surface area contributed by atoms with E-state index in [0.29, 0.717) is 26.7 Å². The number of Topliss-reactive ketones (excluding diaryl/α,β-unsaturated/α-hetero) is 2. The standard InChI is InChI=1S/C48H42N4O10S/c1-27(2)41(53)25-61-47(59)37-19-17-35(23-39(37)45(57)49-6)63-36-18-20-38(48(60)62-26-42(54)28(3)4)40(24-36)46(58)52-34-12-8-11-31(22-34)44(56)51-33-15-13-32(14-16-33)50-43(55)30-10-7-9-29(5)21-30/h7-24H,1,3,25-26H2,2,4-6H3,(H,49,57)(H,50,55)(H,51,56)(H,52,58). The number of rotatable bonds is 17. The number of hydrogen-bond acceptors (Lipinski definition) is 11. The zero-order valence-electron chi connectivity index (χ0n) is 34.7. The molecule has 0 spiro atoms. The molecule has 0 radical (unpaired) electrons. The second-order valence-electron chi connectivity index (χ2n) is 14.0. The molecule has 0 aliphatic carbocycles. The van der Waals surface area contributed by atoms with Gasteiger partial charge in [-0.05, 0) is 123 Å². The number of ether oxygens (including phenoxy) is 2. The summed E-state index contributed by atoms with van der Waals surface area (Å²) in [6.07, 6.45) is 0. The number of carbonyl (C=O) groups excluding carboxylic acids is 8. The van der Waals surface area contributed by atoms with Gasteiger partial charge in [0.1, 0.15) is 0 Å². The molecule has 0 atom stereocenters. The zero-order chi connectivity index (χ0) is 45.8. The first-order chi connectivity index (χ1) is 30.0. The summed E-state index contributed by atoms with van der Waals surface area (Å²) >= 11 is 1.09. The lowest BCUT2D eigenvalue weighted by Crippen LogP contribution is -2.23. The summed E-state index contributed by atoms with van der Waals surface area (Å²) in [6, 6.07) is 28.4. The summed E-state index contributed by atoms with van der Waals surface area (Å²) < 4.78 is 10.3. The molecule has 0 saturated carbocycles. The van der Waals surface area contributed by atoms with E-state index in [9.17, 15) is 38.4 Å². The van der Waals surface area contributed by atoms with Gasteiger partial charge in [0.05, 0.1) is 22.3 Å². The van der Waals surface area contributed by atoms with E-state index in [-0.39, 0.29) is 50.6 Å². The Kier molecular flexibility index (Phi) is 15.4. The van der Waals surface area contributed by atoms with Crippen molar-refractivity contribution in [1.29, 1.82) is 0 Å². The molecule has 0 unspecified atom stereocenters. The van der Waals surface area contributed by atoms with Crippen LogP contribution in [0.5, 0.6) is 0 Å². The number of amides is 4. The lowest BCUT2D eigenvalue weighted by atomic mass is 10.1. The summed E-state index contributed by atoms with van der Waals surface area (Å²) in [7, 11) is 1.38. The third-order valence-corrected chi connectivity index (χ3v) is 10.0. The van der Waals surface area contributed by atoms with Crippen LogP contribution >= 0.6 is 11.8 Å². The van der Waals surface area contributed by atoms with Gasteiger partial charge in [-0.25, -0.2) is 9.59 Å². The van der Waals surface area contributed by atoms with Crippen LogP contribution in [0.15, 0.2) is 143 Å². The first-order valence-corrected chi connectivity index (χ1v) is 19.9. The molecule has 63 heavy (non-hydrogen) atoms. The molecule has 0 heterocycles. The van der Waals surface area contributed by atoms with E-state index >= 15 is 0 Å². The van der Waals surface area contributed by atoms with Gasteiger partial charge >= 0.3 is 11.9 Å². The average Bonchev–Trinajstić information content (AvgIpc) is 3.27. The number of anilines is 3. The smallest absolute Gasteiger partial charge is 0.339 e. The lowest BCUT2D eigenvalue weighted by molar-refractivity contribution is -0.119. The largest absolute Gasteiger partial charge is 0.454 e. The van der Waals surface area contributed by atoms with E-state index in [1.54, 1.807) is 60.7 Å². The minimum Gasteiger partial charge on any atom is -0.454 e. The molecule has 0 fully saturated rings. The maximum atomic E-state index is 14.0. The van der Waals surface area contributed by atoms with Gasteiger partial charge in [-0.3, -0.25) is 28.8 Å². The van der Waals surface area contributed by atoms with Crippen LogP contribution in [0.4, 0.5) is 17.1 Å². The van der Waals surface area contributed by atoms with Gasteiger partial charge in [0.2, 0.25) is 0 Å². The quantitative estimate of drug-likeness (QED) is 0.0523. The summed E-state index contributed by atoms with van der Waals surface area (Å²) in [4.78, 5) is 104. The summed E-state index contributed by atoms with van der Waals surface area (Å²) in [5, 5.41) is 10.8. The normalized spacial score (nSPS) is 10.4. The van der Waals surface area contributed by atoms with Crippen molar-refractivity contribution < 1.29 is 47.8 Å². The first kappa shape index (κ1) is 46.2. The van der Waals surface area contributed by atoms with Crippen LogP contribution in [0.25, 0.3) is 0 Å². The Morgan fingerprint density at radius 2 is 0.952 bits per heavy atom. The average molecular weight is 867 g/mol. The van der Waals surface area contributed by atoms with Crippen molar-refractivity contribution in [2.45, 2.75) is 30.6 Å². The Hall–Kier alpha value is -7.91. The molecule has 15 heteroatoms. The molecule has 5 rings (SSSR count). The van der Waals surface area contributed by atoms with Crippen molar-refractivity contribution in [2.75, 3.05) is 36.2 Å². The topological polar surface area (TPSA) is 203 Å². The van der Waals surface area contributed by atoms with Crippen LogP contribution in [-0.4, -0.2) is 67.4 Å². The number of carbonyl (C=O) groups is 8. The monoisotopic (exact) mass is 866 g/mol. The fourth-order valence-electron chi connectivity index (χ4n) is 5.61. The fraction of sp³-hybridized carbons (Fsp3) is 0.125. The zero-order valence-corrected chi connectivity index (χ0v) is 35.5. The Morgan fingerprint density at radius 1 is 0.508 bits per heavy atom. The van der Waals surface area contributed by atoms with Crippen molar-refractivity contribution in [2.24, 2.45) is 0 Å². The Balaban J connectivity index is 1.35. The predicted octanol–water partition coefficient (Wildman–Crippen LogP) is 7.87. The molecule has 5 aromatic rings. The third-order valence-electron chi connectivity index (χ3n) is 9.06. The molecule has 4 amide bonds. The Bertz CT molecular complexity index is 2690. The maximum Gasteiger partial charge on any atom is 0.339 e. The Morgan fingerprint density at radius 3 is 1.41 bits per heavy atom. The van der Waals surface area contributed by atoms with Gasteiger partial charge < -0.3 is 30.7 Å². The summed E-state index contributed by atoms with van der Waals surface area (Å²) in [5.74, 6) is -5.00. The SMILES string of the molecule is C=C(C)C(=O)COC(=O)c1ccc(Sc2ccc(C(=O)OCC(=O)C(=C)C)c(C(=O)Nc3cccc(C(=O)Nc4ccc(NC(=O)c5cccc(C)c5)cc4)c3)c2)cc1C(=O)NC. The Labute approximate surface area is 367 Å². The number of benzene rings is 5. The van der Waals surface area contributed by atoms with E-state index in [4.69, 9.17) is 9.47 Å². The van der Waals surface area contributed by atoms with Gasteiger partial charge in [0.25, 0.3) is 23.6 Å². The minimum absolute atomic E-state index is 0.0426. The third kappa shape index (κ3) is 12.6. The van der Waals surface area contributed by atoms with E-state index in [1.165, 1.54) is 63.4 Å². The van der Waals surface area contributed by atoms with Crippen LogP contribution in [-0.2, 0) is 19.1 Å². The lowest BCUT2D eigenvalue weighted by Gasteiger charge is -2.14. The van der Waals surface area contributed by atoms with E-state index in [0.717, 1.165) is 17.3 Å². The molecule has 0 bridgehead atoms. The molecule has 320 valence electrons. The first-order valence-electron chi connectivity index (χ1n) is 19.1. The van der Waals surface area contributed by atoms with Gasteiger partial charge in [0, 0.05) is 45.0 Å².